The fourth-order valence-electron chi connectivity index (χ4n) is 4.88. The first-order valence-electron chi connectivity index (χ1n) is 12.0. The number of aromatic hydroxyl groups is 1. The number of primary amides is 1. The molecule has 1 saturated heterocycles. The molecule has 188 valence electrons. The number of phenols is 1. The largest absolute Gasteiger partial charge is 0.507 e. The summed E-state index contributed by atoms with van der Waals surface area (Å²) in [4.78, 5) is 13.7. The van der Waals surface area contributed by atoms with Crippen molar-refractivity contribution >= 4 is 11.7 Å². The molecule has 0 saturated carbocycles. The lowest BCUT2D eigenvalue weighted by Gasteiger charge is -2.43. The van der Waals surface area contributed by atoms with Gasteiger partial charge in [0.2, 0.25) is 0 Å². The molecule has 0 radical (unpaired) electrons. The van der Waals surface area contributed by atoms with Gasteiger partial charge in [-0.25, -0.2) is 4.39 Å². The number of aromatic nitrogens is 2. The first-order chi connectivity index (χ1) is 17.3. The summed E-state index contributed by atoms with van der Waals surface area (Å²) < 4.78 is 17.2. The lowest BCUT2D eigenvalue weighted by Crippen LogP contribution is -2.54. The Morgan fingerprint density at radius 3 is 2.58 bits per heavy atom. The summed E-state index contributed by atoms with van der Waals surface area (Å²) in [6.45, 7) is 3.16. The number of nitriles is 1. The highest BCUT2D eigenvalue weighted by molar-refractivity contribution is 5.97. The number of carbonyl (C=O) groups excluding carboxylic acids is 1. The van der Waals surface area contributed by atoms with Crippen molar-refractivity contribution in [2.24, 2.45) is 5.73 Å². The number of rotatable bonds is 8. The summed E-state index contributed by atoms with van der Waals surface area (Å²) in [5, 5.41) is 27.3. The number of likely N-dealkylation sites (tertiary alicyclic amines) is 1. The van der Waals surface area contributed by atoms with Gasteiger partial charge in [-0.05, 0) is 35.6 Å². The Hall–Kier alpha value is -3.90. The molecule has 1 fully saturated rings. The number of anilines is 1. The molecule has 9 heteroatoms. The second-order valence-electron chi connectivity index (χ2n) is 9.24. The molecular formula is C27H31FN6O2. The van der Waals surface area contributed by atoms with Gasteiger partial charge in [-0.2, -0.15) is 10.4 Å². The van der Waals surface area contributed by atoms with Crippen LogP contribution in [0.2, 0.25) is 0 Å². The van der Waals surface area contributed by atoms with Crippen LogP contribution in [0.15, 0.2) is 48.7 Å². The molecule has 0 bridgehead atoms. The van der Waals surface area contributed by atoms with Crippen LogP contribution >= 0.6 is 0 Å². The van der Waals surface area contributed by atoms with Crippen LogP contribution in [0.3, 0.4) is 0 Å². The number of piperidine rings is 1. The van der Waals surface area contributed by atoms with Crippen molar-refractivity contribution in [2.45, 2.75) is 44.4 Å². The van der Waals surface area contributed by atoms with Crippen LogP contribution in [-0.2, 0) is 18.5 Å². The Kier molecular flexibility index (Phi) is 7.27. The average molecular weight is 491 g/mol. The zero-order valence-electron chi connectivity index (χ0n) is 20.5. The maximum absolute atomic E-state index is 15.8. The molecule has 2 aromatic carbocycles. The normalized spacial score (nSPS) is 20.1. The van der Waals surface area contributed by atoms with E-state index in [1.165, 1.54) is 16.4 Å². The number of aryl methyl sites for hydroxylation is 1. The quantitative estimate of drug-likeness (QED) is 0.442. The maximum atomic E-state index is 15.8. The number of alkyl halides is 1. The maximum Gasteiger partial charge on any atom is 0.254 e. The van der Waals surface area contributed by atoms with Crippen molar-refractivity contribution in [3.05, 3.63) is 65.4 Å². The summed E-state index contributed by atoms with van der Waals surface area (Å²) in [5.74, 6) is -0.232. The number of phenolic OH excluding ortho intramolecular Hbond substituents is 1. The topological polar surface area (TPSA) is 120 Å². The lowest BCUT2D eigenvalue weighted by molar-refractivity contribution is 0.00693. The third-order valence-corrected chi connectivity index (χ3v) is 7.06. The van der Waals surface area contributed by atoms with Crippen LogP contribution < -0.4 is 11.1 Å². The van der Waals surface area contributed by atoms with E-state index in [2.05, 4.69) is 35.5 Å². The zero-order valence-corrected chi connectivity index (χ0v) is 20.5. The third kappa shape index (κ3) is 4.77. The number of nitrogens with zero attached hydrogens (tertiary/aromatic N) is 4. The molecule has 4 rings (SSSR count). The van der Waals surface area contributed by atoms with Crippen LogP contribution in [0.4, 0.5) is 10.2 Å². The average Bonchev–Trinajstić information content (AvgIpc) is 3.32. The number of nitrogens with one attached hydrogen (secondary N) is 1. The van der Waals surface area contributed by atoms with E-state index in [-0.39, 0.29) is 30.1 Å². The highest BCUT2D eigenvalue weighted by Gasteiger charge is 2.46. The van der Waals surface area contributed by atoms with Gasteiger partial charge in [0.25, 0.3) is 5.91 Å². The summed E-state index contributed by atoms with van der Waals surface area (Å²) in [6, 6.07) is 15.7. The minimum absolute atomic E-state index is 0.0860. The van der Waals surface area contributed by atoms with Gasteiger partial charge < -0.3 is 16.2 Å². The number of halogens is 1. The standard InChI is InChI=1S/C27H31FN6O2/c1-3-18-4-7-20(8-5-18)21-9-6-19(14-23(21)35)15-33-13-11-27(10-12-29,24(28)17-33)34-16-22(25(30)36)26(31-2)32-34/h4-9,14,16,24,35H,3,10-11,13,15,17H2,1-2H3,(H2,30,36)(H,31,32). The highest BCUT2D eigenvalue weighted by Crippen LogP contribution is 2.37. The second kappa shape index (κ2) is 10.4. The van der Waals surface area contributed by atoms with Gasteiger partial charge in [-0.1, -0.05) is 43.3 Å². The Labute approximate surface area is 210 Å². The molecule has 2 heterocycles. The molecule has 2 unspecified atom stereocenters. The monoisotopic (exact) mass is 490 g/mol. The first kappa shape index (κ1) is 25.2. The Bertz CT molecular complexity index is 1280. The molecule has 1 aliphatic heterocycles. The van der Waals surface area contributed by atoms with Gasteiger partial charge in [0.05, 0.1) is 12.5 Å². The highest BCUT2D eigenvalue weighted by atomic mass is 19.1. The van der Waals surface area contributed by atoms with Crippen LogP contribution in [0.25, 0.3) is 11.1 Å². The van der Waals surface area contributed by atoms with E-state index >= 15 is 4.39 Å². The second-order valence-corrected chi connectivity index (χ2v) is 9.24. The van der Waals surface area contributed by atoms with Gasteiger partial charge in [-0.15, -0.1) is 0 Å². The predicted octanol–water partition coefficient (Wildman–Crippen LogP) is 3.81. The van der Waals surface area contributed by atoms with Crippen molar-refractivity contribution in [1.82, 2.24) is 14.7 Å². The summed E-state index contributed by atoms with van der Waals surface area (Å²) in [6.07, 6.45) is 1.23. The number of benzene rings is 2. The van der Waals surface area contributed by atoms with Gasteiger partial charge in [-0.3, -0.25) is 14.4 Å². The molecule has 2 atom stereocenters. The minimum Gasteiger partial charge on any atom is -0.507 e. The van der Waals surface area contributed by atoms with Gasteiger partial charge in [0, 0.05) is 38.4 Å². The van der Waals surface area contributed by atoms with Crippen molar-refractivity contribution in [1.29, 1.82) is 5.26 Å². The molecule has 1 aromatic heterocycles. The van der Waals surface area contributed by atoms with Crippen LogP contribution in [0, 0.1) is 11.3 Å². The molecule has 8 nitrogen and oxygen atoms in total. The van der Waals surface area contributed by atoms with Crippen LogP contribution in [-0.4, -0.2) is 52.0 Å². The van der Waals surface area contributed by atoms with Crippen molar-refractivity contribution in [2.75, 3.05) is 25.5 Å². The lowest BCUT2D eigenvalue weighted by atomic mass is 9.83. The SMILES string of the molecule is CCc1ccc(-c2ccc(CN3CCC(CC#N)(n4cc(C(N)=O)c(NC)n4)C(F)C3)cc2O)cc1. The van der Waals surface area contributed by atoms with Crippen molar-refractivity contribution in [3.8, 4) is 22.9 Å². The van der Waals surface area contributed by atoms with E-state index in [0.717, 1.165) is 23.1 Å². The molecule has 1 amide bonds. The number of hydrogen-bond donors (Lipinski definition) is 3. The fraction of sp³-hybridized carbons (Fsp3) is 0.370. The Morgan fingerprint density at radius 2 is 2.03 bits per heavy atom. The van der Waals surface area contributed by atoms with E-state index in [1.54, 1.807) is 13.1 Å². The van der Waals surface area contributed by atoms with E-state index in [9.17, 15) is 15.2 Å². The van der Waals surface area contributed by atoms with E-state index in [1.807, 2.05) is 29.2 Å². The van der Waals surface area contributed by atoms with Crippen LogP contribution in [0.5, 0.6) is 5.75 Å². The smallest absolute Gasteiger partial charge is 0.254 e. The molecule has 1 aliphatic rings. The van der Waals surface area contributed by atoms with Gasteiger partial charge in [0.1, 0.15) is 23.0 Å². The van der Waals surface area contributed by atoms with Crippen molar-refractivity contribution < 1.29 is 14.3 Å². The summed E-state index contributed by atoms with van der Waals surface area (Å²) in [5.41, 5.74) is 8.20. The Morgan fingerprint density at radius 1 is 1.31 bits per heavy atom. The number of carbonyl (C=O) groups is 1. The first-order valence-corrected chi connectivity index (χ1v) is 12.0. The molecule has 0 aliphatic carbocycles. The molecule has 3 aromatic rings. The van der Waals surface area contributed by atoms with Crippen molar-refractivity contribution in [3.63, 3.8) is 0 Å². The zero-order chi connectivity index (χ0) is 25.9. The third-order valence-electron chi connectivity index (χ3n) is 7.06. The van der Waals surface area contributed by atoms with Crippen LogP contribution in [0.1, 0.15) is 41.3 Å². The fourth-order valence-corrected chi connectivity index (χ4v) is 4.88. The van der Waals surface area contributed by atoms with E-state index < -0.39 is 17.6 Å². The summed E-state index contributed by atoms with van der Waals surface area (Å²) >= 11 is 0. The van der Waals surface area contributed by atoms with Gasteiger partial charge in [0.15, 0.2) is 5.82 Å². The van der Waals surface area contributed by atoms with E-state index in [0.29, 0.717) is 19.5 Å². The number of hydrogen-bond acceptors (Lipinski definition) is 6. The molecular weight excluding hydrogens is 459 g/mol. The molecule has 0 spiro atoms. The predicted molar refractivity (Wildman–Crippen MR) is 136 cm³/mol. The number of nitrogens with two attached hydrogens (primary N) is 1. The van der Waals surface area contributed by atoms with E-state index in [4.69, 9.17) is 5.73 Å². The van der Waals surface area contributed by atoms with Gasteiger partial charge >= 0.3 is 0 Å². The Balaban J connectivity index is 1.51. The summed E-state index contributed by atoms with van der Waals surface area (Å²) in [7, 11) is 1.60. The molecule has 4 N–H and O–H groups in total. The molecule has 36 heavy (non-hydrogen) atoms. The minimum atomic E-state index is -1.40. The number of amides is 1.